The zero-order valence-corrected chi connectivity index (χ0v) is 9.45. The van der Waals surface area contributed by atoms with Crippen LogP contribution in [0.25, 0.3) is 0 Å². The van der Waals surface area contributed by atoms with Gasteiger partial charge in [-0.3, -0.25) is 4.79 Å². The molecule has 1 aliphatic rings. The van der Waals surface area contributed by atoms with E-state index in [2.05, 4.69) is 13.8 Å². The third-order valence-corrected chi connectivity index (χ3v) is 3.22. The van der Waals surface area contributed by atoms with E-state index < -0.39 is 0 Å². The Morgan fingerprint density at radius 1 is 1.40 bits per heavy atom. The maximum Gasteiger partial charge on any atom is 0.153 e. The molecule has 2 heteroatoms. The van der Waals surface area contributed by atoms with Crippen molar-refractivity contribution in [1.29, 1.82) is 0 Å². The molecule has 1 aromatic heterocycles. The van der Waals surface area contributed by atoms with Gasteiger partial charge < -0.3 is 4.42 Å². The second-order valence-electron chi connectivity index (χ2n) is 4.72. The topological polar surface area (TPSA) is 30.2 Å². The standard InChI is InChI=1S/C13H18O2/c1-9(2)13-11(8-14)7-12(15-13)10-5-3-4-6-10/h7-10H,3-6H2,1-2H3. The molecule has 0 N–H and O–H groups in total. The lowest BCUT2D eigenvalue weighted by molar-refractivity contribution is 0.112. The molecule has 0 bridgehead atoms. The van der Waals surface area contributed by atoms with Gasteiger partial charge in [0.25, 0.3) is 0 Å². The molecule has 1 heterocycles. The molecule has 0 saturated heterocycles. The maximum atomic E-state index is 10.9. The van der Waals surface area contributed by atoms with Crippen molar-refractivity contribution >= 4 is 6.29 Å². The van der Waals surface area contributed by atoms with Crippen LogP contribution in [0.5, 0.6) is 0 Å². The Bertz CT molecular complexity index is 343. The first kappa shape index (κ1) is 10.5. The quantitative estimate of drug-likeness (QED) is 0.703. The van der Waals surface area contributed by atoms with Crippen molar-refractivity contribution in [3.8, 4) is 0 Å². The fourth-order valence-electron chi connectivity index (χ4n) is 2.39. The van der Waals surface area contributed by atoms with Gasteiger partial charge in [0.05, 0.1) is 5.56 Å². The lowest BCUT2D eigenvalue weighted by Gasteiger charge is -2.05. The van der Waals surface area contributed by atoms with Crippen molar-refractivity contribution in [1.82, 2.24) is 0 Å². The monoisotopic (exact) mass is 206 g/mol. The van der Waals surface area contributed by atoms with E-state index in [0.29, 0.717) is 11.8 Å². The number of aldehydes is 1. The lowest BCUT2D eigenvalue weighted by Crippen LogP contribution is -1.89. The molecule has 2 rings (SSSR count). The summed E-state index contributed by atoms with van der Waals surface area (Å²) in [6.07, 6.45) is 5.92. The molecule has 1 saturated carbocycles. The third kappa shape index (κ3) is 1.99. The van der Waals surface area contributed by atoms with Crippen molar-refractivity contribution in [2.24, 2.45) is 0 Å². The highest BCUT2D eigenvalue weighted by Crippen LogP contribution is 2.37. The fraction of sp³-hybridized carbons (Fsp3) is 0.615. The van der Waals surface area contributed by atoms with Gasteiger partial charge in [-0.25, -0.2) is 0 Å². The number of hydrogen-bond donors (Lipinski definition) is 0. The predicted octanol–water partition coefficient (Wildman–Crippen LogP) is 3.87. The summed E-state index contributed by atoms with van der Waals surface area (Å²) >= 11 is 0. The van der Waals surface area contributed by atoms with Crippen LogP contribution in [-0.4, -0.2) is 6.29 Å². The van der Waals surface area contributed by atoms with Gasteiger partial charge in [-0.05, 0) is 18.9 Å². The van der Waals surface area contributed by atoms with E-state index in [1.807, 2.05) is 6.07 Å². The van der Waals surface area contributed by atoms with Crippen molar-refractivity contribution in [2.75, 3.05) is 0 Å². The first-order chi connectivity index (χ1) is 7.22. The van der Waals surface area contributed by atoms with Gasteiger partial charge in [-0.15, -0.1) is 0 Å². The minimum atomic E-state index is 0.292. The third-order valence-electron chi connectivity index (χ3n) is 3.22. The van der Waals surface area contributed by atoms with Crippen LogP contribution in [-0.2, 0) is 0 Å². The van der Waals surface area contributed by atoms with Crippen LogP contribution in [0.3, 0.4) is 0 Å². The molecule has 0 radical (unpaired) electrons. The summed E-state index contributed by atoms with van der Waals surface area (Å²) in [4.78, 5) is 10.9. The van der Waals surface area contributed by atoms with Crippen molar-refractivity contribution in [3.63, 3.8) is 0 Å². The van der Waals surface area contributed by atoms with Gasteiger partial charge in [0.2, 0.25) is 0 Å². The SMILES string of the molecule is CC(C)c1oc(C2CCCC2)cc1C=O. The first-order valence-corrected chi connectivity index (χ1v) is 5.81. The first-order valence-electron chi connectivity index (χ1n) is 5.81. The van der Waals surface area contributed by atoms with Crippen LogP contribution in [0.2, 0.25) is 0 Å². The Labute approximate surface area is 90.7 Å². The van der Waals surface area contributed by atoms with E-state index >= 15 is 0 Å². The van der Waals surface area contributed by atoms with E-state index in [-0.39, 0.29) is 0 Å². The van der Waals surface area contributed by atoms with E-state index in [9.17, 15) is 4.79 Å². The highest BCUT2D eigenvalue weighted by atomic mass is 16.3. The Morgan fingerprint density at radius 2 is 2.07 bits per heavy atom. The molecular weight excluding hydrogens is 188 g/mol. The summed E-state index contributed by atoms with van der Waals surface area (Å²) in [6.45, 7) is 4.12. The predicted molar refractivity (Wildman–Crippen MR) is 59.4 cm³/mol. The Kier molecular flexibility index (Phi) is 2.94. The van der Waals surface area contributed by atoms with Gasteiger partial charge >= 0.3 is 0 Å². The van der Waals surface area contributed by atoms with Gasteiger partial charge in [0, 0.05) is 11.8 Å². The summed E-state index contributed by atoms with van der Waals surface area (Å²) in [6, 6.07) is 1.94. The second-order valence-corrected chi connectivity index (χ2v) is 4.72. The van der Waals surface area contributed by atoms with Gasteiger partial charge in [-0.2, -0.15) is 0 Å². The van der Waals surface area contributed by atoms with Crippen LogP contribution < -0.4 is 0 Å². The highest BCUT2D eigenvalue weighted by molar-refractivity contribution is 5.76. The van der Waals surface area contributed by atoms with Crippen molar-refractivity contribution in [3.05, 3.63) is 23.2 Å². The molecule has 1 aromatic rings. The molecule has 0 unspecified atom stereocenters. The van der Waals surface area contributed by atoms with Crippen molar-refractivity contribution < 1.29 is 9.21 Å². The largest absolute Gasteiger partial charge is 0.465 e. The average Bonchev–Trinajstić information content (AvgIpc) is 2.86. The number of rotatable bonds is 3. The van der Waals surface area contributed by atoms with Crippen LogP contribution in [0.4, 0.5) is 0 Å². The van der Waals surface area contributed by atoms with Crippen LogP contribution in [0, 0.1) is 0 Å². The zero-order valence-electron chi connectivity index (χ0n) is 9.45. The Morgan fingerprint density at radius 3 is 2.53 bits per heavy atom. The molecule has 0 atom stereocenters. The molecule has 0 spiro atoms. The summed E-state index contributed by atoms with van der Waals surface area (Å²) in [5, 5.41) is 0. The molecule has 0 aliphatic heterocycles. The minimum absolute atomic E-state index is 0.292. The fourth-order valence-corrected chi connectivity index (χ4v) is 2.39. The minimum Gasteiger partial charge on any atom is -0.465 e. The summed E-state index contributed by atoms with van der Waals surface area (Å²) in [5.74, 6) is 2.72. The molecule has 0 amide bonds. The molecule has 0 aromatic carbocycles. The smallest absolute Gasteiger partial charge is 0.153 e. The summed E-state index contributed by atoms with van der Waals surface area (Å²) in [7, 11) is 0. The summed E-state index contributed by atoms with van der Waals surface area (Å²) in [5.41, 5.74) is 0.743. The number of hydrogen-bond acceptors (Lipinski definition) is 2. The van der Waals surface area contributed by atoms with Gasteiger partial charge in [-0.1, -0.05) is 26.7 Å². The van der Waals surface area contributed by atoms with Gasteiger partial charge in [0.15, 0.2) is 6.29 Å². The Balaban J connectivity index is 2.29. The maximum absolute atomic E-state index is 10.9. The lowest BCUT2D eigenvalue weighted by atomic mass is 10.0. The highest BCUT2D eigenvalue weighted by Gasteiger charge is 2.23. The van der Waals surface area contributed by atoms with E-state index in [0.717, 1.165) is 23.4 Å². The number of furan rings is 1. The molecule has 1 aliphatic carbocycles. The number of carbonyl (C=O) groups is 1. The van der Waals surface area contributed by atoms with E-state index in [1.165, 1.54) is 25.7 Å². The van der Waals surface area contributed by atoms with Crippen LogP contribution >= 0.6 is 0 Å². The molecule has 1 fully saturated rings. The molecule has 2 nitrogen and oxygen atoms in total. The normalized spacial score (nSPS) is 17.5. The van der Waals surface area contributed by atoms with Crippen LogP contribution in [0.1, 0.15) is 73.2 Å². The zero-order chi connectivity index (χ0) is 10.8. The molecule has 82 valence electrons. The molecule has 15 heavy (non-hydrogen) atoms. The second kappa shape index (κ2) is 4.21. The number of carbonyl (C=O) groups excluding carboxylic acids is 1. The summed E-state index contributed by atoms with van der Waals surface area (Å²) < 4.78 is 5.82. The molecular formula is C13H18O2. The average molecular weight is 206 g/mol. The van der Waals surface area contributed by atoms with Gasteiger partial charge in [0.1, 0.15) is 11.5 Å². The Hall–Kier alpha value is -1.05. The van der Waals surface area contributed by atoms with E-state index in [1.54, 1.807) is 0 Å². The van der Waals surface area contributed by atoms with Crippen LogP contribution in [0.15, 0.2) is 10.5 Å². The van der Waals surface area contributed by atoms with E-state index in [4.69, 9.17) is 4.42 Å². The van der Waals surface area contributed by atoms with Crippen molar-refractivity contribution in [2.45, 2.75) is 51.4 Å².